The van der Waals surface area contributed by atoms with Gasteiger partial charge in [0.15, 0.2) is 0 Å². The summed E-state index contributed by atoms with van der Waals surface area (Å²) in [7, 11) is 0. The molecule has 3 heteroatoms. The molecule has 0 saturated heterocycles. The van der Waals surface area contributed by atoms with E-state index in [1.165, 1.54) is 12.0 Å². The van der Waals surface area contributed by atoms with Crippen LogP contribution in [0.5, 0.6) is 0 Å². The molecule has 0 amide bonds. The van der Waals surface area contributed by atoms with Gasteiger partial charge in [0.05, 0.1) is 5.60 Å². The smallest absolute Gasteiger partial charge is 0.0964 e. The van der Waals surface area contributed by atoms with E-state index in [9.17, 15) is 0 Å². The van der Waals surface area contributed by atoms with Crippen molar-refractivity contribution in [3.05, 3.63) is 0 Å². The fraction of sp³-hybridized carbons (Fsp3) is 1.00. The fourth-order valence-electron chi connectivity index (χ4n) is 0.290. The normalized spacial score (nSPS) is 12.5. The van der Waals surface area contributed by atoms with Crippen LogP contribution in [0.15, 0.2) is 0 Å². The quantitative estimate of drug-likeness (QED) is 0.285. The van der Waals surface area contributed by atoms with Crippen molar-refractivity contribution in [1.29, 1.82) is 0 Å². The zero-order valence-corrected chi connectivity index (χ0v) is 8.83. The minimum atomic E-state index is -0.204. The standard InChI is InChI=1S/C8H18O2S/c1-7(2)6-11-10-9-8(3,4)5/h7H,6H2,1-5H3. The van der Waals surface area contributed by atoms with Crippen molar-refractivity contribution < 1.29 is 9.22 Å². The number of hydrogen-bond acceptors (Lipinski definition) is 3. The second kappa shape index (κ2) is 5.01. The fourth-order valence-corrected chi connectivity index (χ4v) is 0.870. The van der Waals surface area contributed by atoms with Crippen molar-refractivity contribution in [3.8, 4) is 0 Å². The first-order valence-corrected chi connectivity index (χ1v) is 4.80. The second-order valence-electron chi connectivity index (χ2n) is 3.94. The lowest BCUT2D eigenvalue weighted by atomic mass is 10.2. The van der Waals surface area contributed by atoms with Gasteiger partial charge < -0.3 is 0 Å². The predicted octanol–water partition coefficient (Wildman–Crippen LogP) is 3.04. The van der Waals surface area contributed by atoms with Gasteiger partial charge in [0.1, 0.15) is 0 Å². The van der Waals surface area contributed by atoms with E-state index < -0.39 is 0 Å². The summed E-state index contributed by atoms with van der Waals surface area (Å²) in [6, 6.07) is 0. The van der Waals surface area contributed by atoms with Crippen molar-refractivity contribution in [3.63, 3.8) is 0 Å². The summed E-state index contributed by atoms with van der Waals surface area (Å²) in [5, 5.41) is 0. The van der Waals surface area contributed by atoms with Crippen LogP contribution in [0.2, 0.25) is 0 Å². The van der Waals surface area contributed by atoms with Gasteiger partial charge in [-0.05, 0) is 26.7 Å². The van der Waals surface area contributed by atoms with Crippen LogP contribution in [-0.4, -0.2) is 11.4 Å². The zero-order valence-electron chi connectivity index (χ0n) is 8.01. The Bertz CT molecular complexity index is 96.8. The molecule has 0 rings (SSSR count). The van der Waals surface area contributed by atoms with E-state index >= 15 is 0 Å². The highest BCUT2D eigenvalue weighted by Gasteiger charge is 2.11. The van der Waals surface area contributed by atoms with Gasteiger partial charge in [0, 0.05) is 17.8 Å². The van der Waals surface area contributed by atoms with E-state index in [1.807, 2.05) is 20.8 Å². The summed E-state index contributed by atoms with van der Waals surface area (Å²) in [6.07, 6.45) is 0. The first-order chi connectivity index (χ1) is 4.92. The van der Waals surface area contributed by atoms with Crippen molar-refractivity contribution in [2.75, 3.05) is 5.75 Å². The third kappa shape index (κ3) is 10.3. The van der Waals surface area contributed by atoms with Crippen molar-refractivity contribution in [2.24, 2.45) is 5.92 Å². The average molecular weight is 178 g/mol. The van der Waals surface area contributed by atoms with E-state index in [1.54, 1.807) is 0 Å². The lowest BCUT2D eigenvalue weighted by Crippen LogP contribution is -2.17. The molecule has 0 N–H and O–H groups in total. The maximum Gasteiger partial charge on any atom is 0.0964 e. The Morgan fingerprint density at radius 2 is 1.82 bits per heavy atom. The summed E-state index contributed by atoms with van der Waals surface area (Å²) < 4.78 is 4.93. The molecule has 0 aromatic carbocycles. The van der Waals surface area contributed by atoms with Crippen LogP contribution in [-0.2, 0) is 9.22 Å². The SMILES string of the molecule is CC(C)CSOOC(C)(C)C. The molecule has 0 aliphatic rings. The molecule has 0 bridgehead atoms. The third-order valence-corrected chi connectivity index (χ3v) is 1.70. The summed E-state index contributed by atoms with van der Waals surface area (Å²) >= 11 is 1.37. The van der Waals surface area contributed by atoms with Crippen LogP contribution in [0.4, 0.5) is 0 Å². The Balaban J connectivity index is 3.15. The molecule has 0 atom stereocenters. The van der Waals surface area contributed by atoms with Crippen LogP contribution in [0.3, 0.4) is 0 Å². The van der Waals surface area contributed by atoms with Crippen LogP contribution in [0.25, 0.3) is 0 Å². The van der Waals surface area contributed by atoms with Gasteiger partial charge in [-0.15, -0.1) is 0 Å². The maximum absolute atomic E-state index is 5.04. The lowest BCUT2D eigenvalue weighted by Gasteiger charge is -2.16. The predicted molar refractivity (Wildman–Crippen MR) is 49.2 cm³/mol. The van der Waals surface area contributed by atoms with E-state index in [2.05, 4.69) is 13.8 Å². The van der Waals surface area contributed by atoms with E-state index in [0.29, 0.717) is 5.92 Å². The molecule has 0 fully saturated rings. The highest BCUT2D eigenvalue weighted by molar-refractivity contribution is 7.94. The number of rotatable bonds is 4. The topological polar surface area (TPSA) is 18.5 Å². The van der Waals surface area contributed by atoms with E-state index in [4.69, 9.17) is 9.22 Å². The Kier molecular flexibility index (Phi) is 5.13. The summed E-state index contributed by atoms with van der Waals surface area (Å²) in [6.45, 7) is 10.2. The maximum atomic E-state index is 5.04. The Labute approximate surface area is 73.8 Å². The van der Waals surface area contributed by atoms with Crippen molar-refractivity contribution in [1.82, 2.24) is 0 Å². The summed E-state index contributed by atoms with van der Waals surface area (Å²) in [5.74, 6) is 1.61. The largest absolute Gasteiger partial charge is 0.219 e. The molecule has 0 unspecified atom stereocenters. The van der Waals surface area contributed by atoms with Gasteiger partial charge in [-0.2, -0.15) is 4.33 Å². The molecule has 68 valence electrons. The van der Waals surface area contributed by atoms with Crippen LogP contribution < -0.4 is 0 Å². The molecule has 0 aromatic rings. The van der Waals surface area contributed by atoms with E-state index in [0.717, 1.165) is 5.75 Å². The minimum Gasteiger partial charge on any atom is -0.219 e. The molecule has 0 heterocycles. The first-order valence-electron chi connectivity index (χ1n) is 3.89. The van der Waals surface area contributed by atoms with Gasteiger partial charge >= 0.3 is 0 Å². The molecule has 0 saturated carbocycles. The van der Waals surface area contributed by atoms with Crippen molar-refractivity contribution in [2.45, 2.75) is 40.2 Å². The van der Waals surface area contributed by atoms with Gasteiger partial charge in [-0.25, -0.2) is 4.89 Å². The van der Waals surface area contributed by atoms with Crippen LogP contribution in [0.1, 0.15) is 34.6 Å². The Morgan fingerprint density at radius 3 is 2.18 bits per heavy atom. The molecule has 0 aliphatic carbocycles. The summed E-state index contributed by atoms with van der Waals surface area (Å²) in [4.78, 5) is 5.04. The highest BCUT2D eigenvalue weighted by atomic mass is 32.2. The molecule has 11 heavy (non-hydrogen) atoms. The molecule has 0 spiro atoms. The molecule has 0 aromatic heterocycles. The molecule has 2 nitrogen and oxygen atoms in total. The van der Waals surface area contributed by atoms with Gasteiger partial charge in [0.25, 0.3) is 0 Å². The molecule has 0 aliphatic heterocycles. The van der Waals surface area contributed by atoms with E-state index in [-0.39, 0.29) is 5.60 Å². The van der Waals surface area contributed by atoms with Crippen molar-refractivity contribution >= 4 is 12.0 Å². The van der Waals surface area contributed by atoms with Gasteiger partial charge in [0.2, 0.25) is 0 Å². The van der Waals surface area contributed by atoms with Gasteiger partial charge in [-0.1, -0.05) is 13.8 Å². The number of hydrogen-bond donors (Lipinski definition) is 0. The van der Waals surface area contributed by atoms with Gasteiger partial charge in [-0.3, -0.25) is 0 Å². The molecule has 0 radical (unpaired) electrons. The third-order valence-electron chi connectivity index (χ3n) is 0.734. The Morgan fingerprint density at radius 1 is 1.27 bits per heavy atom. The first kappa shape index (κ1) is 11.3. The van der Waals surface area contributed by atoms with Crippen LogP contribution in [0, 0.1) is 5.92 Å². The average Bonchev–Trinajstić information content (AvgIpc) is 1.78. The zero-order chi connectivity index (χ0) is 8.91. The molecular formula is C8H18O2S. The lowest BCUT2D eigenvalue weighted by molar-refractivity contribution is -0.262. The summed E-state index contributed by atoms with van der Waals surface area (Å²) in [5.41, 5.74) is -0.204. The highest BCUT2D eigenvalue weighted by Crippen LogP contribution is 2.15. The Hall–Kier alpha value is 0.270. The van der Waals surface area contributed by atoms with Crippen LogP contribution >= 0.6 is 12.0 Å². The second-order valence-corrected chi connectivity index (χ2v) is 4.65. The molecular weight excluding hydrogens is 160 g/mol. The monoisotopic (exact) mass is 178 g/mol. The minimum absolute atomic E-state index is 0.204.